The van der Waals surface area contributed by atoms with Crippen LogP contribution in [0, 0.1) is 0 Å². The van der Waals surface area contributed by atoms with Crippen molar-refractivity contribution in [1.82, 2.24) is 14.0 Å². The van der Waals surface area contributed by atoms with Crippen LogP contribution in [0.1, 0.15) is 24.3 Å². The van der Waals surface area contributed by atoms with Crippen LogP contribution in [0.5, 0.6) is 0 Å². The Balaban J connectivity index is 1.82. The van der Waals surface area contributed by atoms with Crippen molar-refractivity contribution in [3.8, 4) is 0 Å². The van der Waals surface area contributed by atoms with Gasteiger partial charge in [-0.05, 0) is 25.0 Å². The zero-order chi connectivity index (χ0) is 17.1. The number of hydrogen-bond donors (Lipinski definition) is 0. The molecule has 1 aliphatic rings. The molecule has 3 rings (SSSR count). The Labute approximate surface area is 140 Å². The number of aromatic nitrogens is 2. The Morgan fingerprint density at radius 3 is 2.75 bits per heavy atom. The van der Waals surface area contributed by atoms with E-state index in [1.54, 1.807) is 13.3 Å². The average molecular weight is 333 g/mol. The Morgan fingerprint density at radius 2 is 2.08 bits per heavy atom. The van der Waals surface area contributed by atoms with E-state index < -0.39 is 0 Å². The lowest BCUT2D eigenvalue weighted by Gasteiger charge is -2.25. The summed E-state index contributed by atoms with van der Waals surface area (Å²) in [6.07, 6.45) is 3.94. The molecular weight excluding hydrogens is 310 g/mol. The first-order chi connectivity index (χ1) is 11.5. The van der Waals surface area contributed by atoms with Crippen molar-refractivity contribution in [2.24, 2.45) is 14.1 Å². The molecule has 1 fully saturated rings. The maximum atomic E-state index is 12.1. The van der Waals surface area contributed by atoms with Crippen molar-refractivity contribution in [3.05, 3.63) is 56.8 Å². The summed E-state index contributed by atoms with van der Waals surface area (Å²) in [4.78, 5) is 26.2. The summed E-state index contributed by atoms with van der Waals surface area (Å²) in [6.45, 7) is 2.63. The van der Waals surface area contributed by atoms with E-state index >= 15 is 0 Å². The topological polar surface area (TPSA) is 69.6 Å². The highest BCUT2D eigenvalue weighted by Crippen LogP contribution is 2.16. The molecule has 0 aromatic carbocycles. The van der Waals surface area contributed by atoms with Gasteiger partial charge >= 0.3 is 5.69 Å². The molecule has 1 aliphatic heterocycles. The molecule has 1 atom stereocenters. The molecule has 0 N–H and O–H groups in total. The predicted molar refractivity (Wildman–Crippen MR) is 88.7 cm³/mol. The molecule has 0 radical (unpaired) electrons. The van der Waals surface area contributed by atoms with Gasteiger partial charge in [0, 0.05) is 45.6 Å². The maximum Gasteiger partial charge on any atom is 0.330 e. The van der Waals surface area contributed by atoms with Crippen molar-refractivity contribution in [1.29, 1.82) is 0 Å². The number of furan rings is 1. The summed E-state index contributed by atoms with van der Waals surface area (Å²) in [7, 11) is 3.18. The van der Waals surface area contributed by atoms with Crippen molar-refractivity contribution in [2.75, 3.05) is 13.2 Å². The van der Waals surface area contributed by atoms with Crippen LogP contribution >= 0.6 is 0 Å². The zero-order valence-corrected chi connectivity index (χ0v) is 14.1. The number of nitrogens with zero attached hydrogens (tertiary/aromatic N) is 3. The second-order valence-corrected chi connectivity index (χ2v) is 6.26. The van der Waals surface area contributed by atoms with Crippen molar-refractivity contribution >= 4 is 0 Å². The third kappa shape index (κ3) is 3.68. The SMILES string of the molecule is Cn1c(CN(Cc2ccco2)C[C@@H]2CCCO2)cc(=O)n(C)c1=O. The second-order valence-electron chi connectivity index (χ2n) is 6.26. The van der Waals surface area contributed by atoms with Gasteiger partial charge in [-0.1, -0.05) is 0 Å². The van der Waals surface area contributed by atoms with Gasteiger partial charge in [0.2, 0.25) is 0 Å². The summed E-state index contributed by atoms with van der Waals surface area (Å²) < 4.78 is 13.8. The lowest BCUT2D eigenvalue weighted by molar-refractivity contribution is 0.0645. The Morgan fingerprint density at radius 1 is 1.25 bits per heavy atom. The molecule has 7 nitrogen and oxygen atoms in total. The van der Waals surface area contributed by atoms with Gasteiger partial charge in [-0.2, -0.15) is 0 Å². The largest absolute Gasteiger partial charge is 0.468 e. The van der Waals surface area contributed by atoms with Crippen LogP contribution in [0.2, 0.25) is 0 Å². The van der Waals surface area contributed by atoms with E-state index in [0.717, 1.165) is 36.3 Å². The van der Waals surface area contributed by atoms with Crippen LogP contribution in [-0.2, 0) is 31.9 Å². The molecule has 0 amide bonds. The van der Waals surface area contributed by atoms with Crippen LogP contribution in [0.25, 0.3) is 0 Å². The van der Waals surface area contributed by atoms with E-state index in [1.807, 2.05) is 12.1 Å². The van der Waals surface area contributed by atoms with E-state index in [4.69, 9.17) is 9.15 Å². The number of rotatable bonds is 6. The molecule has 0 bridgehead atoms. The first-order valence-corrected chi connectivity index (χ1v) is 8.17. The van der Waals surface area contributed by atoms with Crippen molar-refractivity contribution in [2.45, 2.75) is 32.0 Å². The quantitative estimate of drug-likeness (QED) is 0.784. The van der Waals surface area contributed by atoms with Gasteiger partial charge < -0.3 is 9.15 Å². The van der Waals surface area contributed by atoms with E-state index in [-0.39, 0.29) is 17.4 Å². The maximum absolute atomic E-state index is 12.1. The van der Waals surface area contributed by atoms with Crippen LogP contribution in [0.3, 0.4) is 0 Å². The molecule has 2 aromatic heterocycles. The Kier molecular flexibility index (Phi) is 5.01. The van der Waals surface area contributed by atoms with Gasteiger partial charge in [0.15, 0.2) is 0 Å². The molecule has 24 heavy (non-hydrogen) atoms. The molecule has 1 saturated heterocycles. The molecule has 7 heteroatoms. The molecule has 0 spiro atoms. The molecule has 2 aromatic rings. The summed E-state index contributed by atoms with van der Waals surface area (Å²) in [6, 6.07) is 5.30. The van der Waals surface area contributed by atoms with Gasteiger partial charge in [-0.15, -0.1) is 0 Å². The fourth-order valence-corrected chi connectivity index (χ4v) is 3.04. The average Bonchev–Trinajstić information content (AvgIpc) is 3.24. The van der Waals surface area contributed by atoms with Gasteiger partial charge in [-0.3, -0.25) is 18.8 Å². The van der Waals surface area contributed by atoms with E-state index in [2.05, 4.69) is 4.90 Å². The minimum Gasteiger partial charge on any atom is -0.468 e. The normalized spacial score (nSPS) is 17.7. The monoisotopic (exact) mass is 333 g/mol. The third-order valence-electron chi connectivity index (χ3n) is 4.46. The van der Waals surface area contributed by atoms with Gasteiger partial charge in [0.25, 0.3) is 5.56 Å². The van der Waals surface area contributed by atoms with Crippen molar-refractivity contribution in [3.63, 3.8) is 0 Å². The highest BCUT2D eigenvalue weighted by atomic mass is 16.5. The molecular formula is C17H23N3O4. The summed E-state index contributed by atoms with van der Waals surface area (Å²) >= 11 is 0. The van der Waals surface area contributed by atoms with Gasteiger partial charge in [0.05, 0.1) is 18.9 Å². The third-order valence-corrected chi connectivity index (χ3v) is 4.46. The molecule has 3 heterocycles. The first-order valence-electron chi connectivity index (χ1n) is 8.17. The smallest absolute Gasteiger partial charge is 0.330 e. The summed E-state index contributed by atoms with van der Waals surface area (Å²) in [5.41, 5.74) is 0.0865. The lowest BCUT2D eigenvalue weighted by atomic mass is 10.2. The molecule has 0 aliphatic carbocycles. The second kappa shape index (κ2) is 7.19. The van der Waals surface area contributed by atoms with Gasteiger partial charge in [0.1, 0.15) is 5.76 Å². The van der Waals surface area contributed by atoms with Crippen molar-refractivity contribution < 1.29 is 9.15 Å². The van der Waals surface area contributed by atoms with Crippen LogP contribution in [0.4, 0.5) is 0 Å². The van der Waals surface area contributed by atoms with E-state index in [0.29, 0.717) is 18.8 Å². The lowest BCUT2D eigenvalue weighted by Crippen LogP contribution is -2.40. The molecule has 0 saturated carbocycles. The fraction of sp³-hybridized carbons (Fsp3) is 0.529. The minimum absolute atomic E-state index is 0.184. The fourth-order valence-electron chi connectivity index (χ4n) is 3.04. The highest BCUT2D eigenvalue weighted by molar-refractivity contribution is 5.04. The number of ether oxygens (including phenoxy) is 1. The Hall–Kier alpha value is -2.12. The Bertz CT molecular complexity index is 785. The van der Waals surface area contributed by atoms with Gasteiger partial charge in [-0.25, -0.2) is 4.79 Å². The summed E-state index contributed by atoms with van der Waals surface area (Å²) in [5.74, 6) is 0.849. The summed E-state index contributed by atoms with van der Waals surface area (Å²) in [5, 5.41) is 0. The van der Waals surface area contributed by atoms with Crippen LogP contribution in [0.15, 0.2) is 38.5 Å². The van der Waals surface area contributed by atoms with E-state index in [1.165, 1.54) is 17.7 Å². The highest BCUT2D eigenvalue weighted by Gasteiger charge is 2.21. The molecule has 130 valence electrons. The predicted octanol–water partition coefficient (Wildman–Crippen LogP) is 0.858. The van der Waals surface area contributed by atoms with Crippen LogP contribution in [-0.4, -0.2) is 33.3 Å². The standard InChI is InChI=1S/C17H23N3O4/c1-18-13(9-16(21)19(2)17(18)22)10-20(11-14-5-3-7-23-14)12-15-6-4-8-24-15/h3,5,7,9,15H,4,6,8,10-12H2,1-2H3/t15-/m0/s1. The minimum atomic E-state index is -0.312. The first kappa shape index (κ1) is 16.7. The molecule has 0 unspecified atom stereocenters. The number of hydrogen-bond acceptors (Lipinski definition) is 5. The van der Waals surface area contributed by atoms with Crippen LogP contribution < -0.4 is 11.2 Å². The van der Waals surface area contributed by atoms with E-state index in [9.17, 15) is 9.59 Å². The zero-order valence-electron chi connectivity index (χ0n) is 14.1.